The number of nitrogens with zero attached hydrogens (tertiary/aromatic N) is 4. The third-order valence-electron chi connectivity index (χ3n) is 6.07. The van der Waals surface area contributed by atoms with Gasteiger partial charge in [0.1, 0.15) is 11.6 Å². The molecule has 0 spiro atoms. The first-order valence-corrected chi connectivity index (χ1v) is 12.8. The molecule has 2 rings (SSSR count). The first kappa shape index (κ1) is 31.1. The molecule has 0 saturated carbocycles. The van der Waals surface area contributed by atoms with E-state index in [1.807, 2.05) is 33.8 Å². The van der Waals surface area contributed by atoms with Gasteiger partial charge in [0.25, 0.3) is 11.1 Å². The molecule has 0 fully saturated rings. The smallest absolute Gasteiger partial charge is 0.271 e. The summed E-state index contributed by atoms with van der Waals surface area (Å²) in [6.45, 7) is 19.2. The van der Waals surface area contributed by atoms with Crippen molar-refractivity contribution >= 4 is 17.8 Å². The van der Waals surface area contributed by atoms with Crippen LogP contribution in [-0.4, -0.2) is 44.8 Å². The van der Waals surface area contributed by atoms with Crippen LogP contribution >= 0.6 is 0 Å². The molecule has 2 aromatic heterocycles. The van der Waals surface area contributed by atoms with Crippen molar-refractivity contribution in [3.63, 3.8) is 0 Å². The fourth-order valence-electron chi connectivity index (χ4n) is 3.98. The average molecular weight is 537 g/mol. The van der Waals surface area contributed by atoms with E-state index in [9.17, 15) is 25.1 Å². The summed E-state index contributed by atoms with van der Waals surface area (Å²) < 4.78 is 13.3. The molecule has 0 saturated heterocycles. The lowest BCUT2D eigenvalue weighted by Crippen LogP contribution is -2.25. The van der Waals surface area contributed by atoms with Crippen molar-refractivity contribution in [3.05, 3.63) is 65.7 Å². The van der Waals surface area contributed by atoms with Crippen molar-refractivity contribution in [2.45, 2.75) is 79.7 Å². The second-order valence-corrected chi connectivity index (χ2v) is 9.59. The van der Waals surface area contributed by atoms with Gasteiger partial charge in [-0.1, -0.05) is 0 Å². The maximum Gasteiger partial charge on any atom is 0.271 e. The Morgan fingerprint density at radius 2 is 1.41 bits per heavy atom. The van der Waals surface area contributed by atoms with E-state index in [1.54, 1.807) is 13.8 Å². The zero-order valence-corrected chi connectivity index (χ0v) is 23.4. The van der Waals surface area contributed by atoms with E-state index in [0.29, 0.717) is 26.1 Å². The summed E-state index contributed by atoms with van der Waals surface area (Å²) >= 11 is 0. The van der Waals surface area contributed by atoms with Gasteiger partial charge in [0.15, 0.2) is 5.88 Å². The van der Waals surface area contributed by atoms with Crippen LogP contribution in [0.1, 0.15) is 68.4 Å². The fraction of sp³-hybridized carbons (Fsp3) is 0.483. The first-order chi connectivity index (χ1) is 18.5. The summed E-state index contributed by atoms with van der Waals surface area (Å²) in [6, 6.07) is 1.91. The Hall–Kier alpha value is -4.08. The normalized spacial score (nSPS) is 10.8. The molecule has 0 bridgehead atoms. The molecule has 0 atom stereocenters. The van der Waals surface area contributed by atoms with Crippen molar-refractivity contribution in [1.82, 2.24) is 9.13 Å². The number of pyridine rings is 2. The standard InChI is InChI=1S/C29H36N4O6/c1-18(2)38-15-9-13-32-26(34)22(20(5)24(17-30)28(32)36)11-8-12-23-21(6)25(31-7)29(37)33(27(23)35)14-10-16-39-19(3)4/h11-12,18-19,34,37H,9-10,13-16H2,1-6H3. The van der Waals surface area contributed by atoms with Gasteiger partial charge in [-0.2, -0.15) is 5.26 Å². The number of hydrogen-bond donors (Lipinski definition) is 2. The van der Waals surface area contributed by atoms with Crippen LogP contribution in [0.5, 0.6) is 11.8 Å². The Balaban J connectivity index is 2.55. The molecule has 39 heavy (non-hydrogen) atoms. The molecule has 0 amide bonds. The van der Waals surface area contributed by atoms with E-state index in [1.165, 1.54) is 12.2 Å². The van der Waals surface area contributed by atoms with Gasteiger partial charge in [0, 0.05) is 37.4 Å². The highest BCUT2D eigenvalue weighted by Gasteiger charge is 2.19. The number of ether oxygens (including phenoxy) is 2. The van der Waals surface area contributed by atoms with Crippen molar-refractivity contribution < 1.29 is 19.7 Å². The van der Waals surface area contributed by atoms with E-state index >= 15 is 0 Å². The zero-order chi connectivity index (χ0) is 29.3. The number of aromatic nitrogens is 2. The lowest BCUT2D eigenvalue weighted by Gasteiger charge is -2.15. The van der Waals surface area contributed by atoms with Crippen LogP contribution in [0, 0.1) is 31.8 Å². The predicted molar refractivity (Wildman–Crippen MR) is 149 cm³/mol. The highest BCUT2D eigenvalue weighted by molar-refractivity contribution is 5.70. The third-order valence-corrected chi connectivity index (χ3v) is 6.07. The van der Waals surface area contributed by atoms with E-state index in [-0.39, 0.29) is 64.7 Å². The molecule has 10 nitrogen and oxygen atoms in total. The topological polar surface area (TPSA) is 131 Å². The van der Waals surface area contributed by atoms with Crippen LogP contribution in [-0.2, 0) is 22.6 Å². The van der Waals surface area contributed by atoms with Crippen molar-refractivity contribution in [2.24, 2.45) is 0 Å². The second-order valence-electron chi connectivity index (χ2n) is 9.59. The Kier molecular flexibility index (Phi) is 11.3. The largest absolute Gasteiger partial charge is 0.503 e. The van der Waals surface area contributed by atoms with Crippen molar-refractivity contribution in [2.75, 3.05) is 13.2 Å². The van der Waals surface area contributed by atoms with Gasteiger partial charge >= 0.3 is 0 Å². The van der Waals surface area contributed by atoms with Gasteiger partial charge in [-0.3, -0.25) is 18.7 Å². The monoisotopic (exact) mass is 536 g/mol. The number of nitriles is 1. The van der Waals surface area contributed by atoms with Gasteiger partial charge in [-0.15, -0.1) is 5.73 Å². The van der Waals surface area contributed by atoms with Crippen molar-refractivity contribution in [1.29, 1.82) is 5.26 Å². The molecule has 0 aliphatic carbocycles. The van der Waals surface area contributed by atoms with Crippen LogP contribution in [0.15, 0.2) is 15.3 Å². The van der Waals surface area contributed by atoms with Crippen LogP contribution in [0.2, 0.25) is 0 Å². The maximum absolute atomic E-state index is 13.2. The molecule has 0 aromatic carbocycles. The SMILES string of the molecule is [C-]#[N+]c1c(C)c(C=C=Cc2c(C)c(C#N)c(=O)n(CCCOC(C)C)c2O)c(=O)n(CCCOC(C)C)c1O. The minimum Gasteiger partial charge on any atom is -0.503 e. The molecule has 0 aliphatic rings. The van der Waals surface area contributed by atoms with Crippen LogP contribution < -0.4 is 11.1 Å². The van der Waals surface area contributed by atoms with Gasteiger partial charge in [0.05, 0.1) is 18.8 Å². The summed E-state index contributed by atoms with van der Waals surface area (Å²) in [6.07, 6.45) is 3.71. The molecule has 208 valence electrons. The minimum absolute atomic E-state index is 0.0244. The Morgan fingerprint density at radius 3 is 1.90 bits per heavy atom. The molecular weight excluding hydrogens is 500 g/mol. The quantitative estimate of drug-likeness (QED) is 0.233. The molecule has 2 N–H and O–H groups in total. The molecule has 10 heteroatoms. The van der Waals surface area contributed by atoms with Gasteiger partial charge in [-0.05, 0) is 77.7 Å². The van der Waals surface area contributed by atoms with Crippen molar-refractivity contribution in [3.8, 4) is 17.8 Å². The molecule has 0 aliphatic heterocycles. The first-order valence-electron chi connectivity index (χ1n) is 12.8. The number of rotatable bonds is 12. The number of aromatic hydroxyl groups is 2. The average Bonchev–Trinajstić information content (AvgIpc) is 2.87. The Labute approximate surface area is 228 Å². The van der Waals surface area contributed by atoms with Crippen LogP contribution in [0.25, 0.3) is 17.0 Å². The summed E-state index contributed by atoms with van der Waals surface area (Å²) in [7, 11) is 0. The van der Waals surface area contributed by atoms with Gasteiger partial charge < -0.3 is 19.7 Å². The molecule has 0 radical (unpaired) electrons. The summed E-state index contributed by atoms with van der Waals surface area (Å²) in [5.41, 5.74) is 2.54. The van der Waals surface area contributed by atoms with E-state index in [2.05, 4.69) is 10.6 Å². The second kappa shape index (κ2) is 14.2. The summed E-state index contributed by atoms with van der Waals surface area (Å²) in [5.74, 6) is -0.729. The Bertz CT molecular complexity index is 1460. The summed E-state index contributed by atoms with van der Waals surface area (Å²) in [4.78, 5) is 29.4. The van der Waals surface area contributed by atoms with E-state index < -0.39 is 17.0 Å². The van der Waals surface area contributed by atoms with Gasteiger partial charge in [0.2, 0.25) is 11.6 Å². The van der Waals surface area contributed by atoms with Gasteiger partial charge in [-0.25, -0.2) is 4.85 Å². The predicted octanol–water partition coefficient (Wildman–Crippen LogP) is 4.42. The minimum atomic E-state index is -0.599. The molecular formula is C29H36N4O6. The Morgan fingerprint density at radius 1 is 0.897 bits per heavy atom. The molecule has 2 aromatic rings. The highest BCUT2D eigenvalue weighted by Crippen LogP contribution is 2.31. The fourth-order valence-corrected chi connectivity index (χ4v) is 3.98. The zero-order valence-electron chi connectivity index (χ0n) is 23.4. The summed E-state index contributed by atoms with van der Waals surface area (Å²) in [5, 5.41) is 31.0. The van der Waals surface area contributed by atoms with Crippen LogP contribution in [0.3, 0.4) is 0 Å². The molecule has 2 heterocycles. The lowest BCUT2D eigenvalue weighted by molar-refractivity contribution is 0.0741. The van der Waals surface area contributed by atoms with E-state index in [4.69, 9.17) is 16.0 Å². The van der Waals surface area contributed by atoms with E-state index in [0.717, 1.165) is 9.13 Å². The lowest BCUT2D eigenvalue weighted by atomic mass is 10.0. The number of hydrogen-bond acceptors (Lipinski definition) is 7. The highest BCUT2D eigenvalue weighted by atomic mass is 16.5. The van der Waals surface area contributed by atoms with Crippen LogP contribution in [0.4, 0.5) is 5.69 Å². The third kappa shape index (κ3) is 7.49. The maximum atomic E-state index is 13.2. The molecule has 0 unspecified atom stereocenters.